The van der Waals surface area contributed by atoms with Crippen LogP contribution in [-0.4, -0.2) is 28.5 Å². The molecular formula is C15H20N2O5. The van der Waals surface area contributed by atoms with Crippen LogP contribution in [-0.2, 0) is 4.79 Å². The highest BCUT2D eigenvalue weighted by molar-refractivity contribution is 5.98. The standard InChI is InChI=1S/C15H20N2O5/c1-11-7-8-13(17(21)22)12(10-11)15(20)16-9-5-3-2-4-6-14(18)19/h7-8,10H,2-6,9H2,1H3,(H,16,20)(H,18,19). The average molecular weight is 308 g/mol. The molecule has 0 aliphatic heterocycles. The molecule has 0 radical (unpaired) electrons. The molecule has 0 aliphatic rings. The van der Waals surface area contributed by atoms with Crippen LogP contribution in [0, 0.1) is 17.0 Å². The van der Waals surface area contributed by atoms with Gasteiger partial charge >= 0.3 is 5.97 Å². The van der Waals surface area contributed by atoms with E-state index in [1.807, 2.05) is 0 Å². The molecular weight excluding hydrogens is 288 g/mol. The lowest BCUT2D eigenvalue weighted by molar-refractivity contribution is -0.385. The number of unbranched alkanes of at least 4 members (excludes halogenated alkanes) is 3. The maximum atomic E-state index is 12.0. The molecule has 0 fully saturated rings. The fraction of sp³-hybridized carbons (Fsp3) is 0.467. The number of aryl methyl sites for hydroxylation is 1. The predicted molar refractivity (Wildman–Crippen MR) is 80.9 cm³/mol. The zero-order valence-electron chi connectivity index (χ0n) is 12.5. The van der Waals surface area contributed by atoms with E-state index in [2.05, 4.69) is 5.32 Å². The van der Waals surface area contributed by atoms with E-state index >= 15 is 0 Å². The molecule has 0 aliphatic carbocycles. The molecule has 0 unspecified atom stereocenters. The molecule has 0 bridgehead atoms. The Balaban J connectivity index is 2.41. The average Bonchev–Trinajstić information content (AvgIpc) is 2.45. The fourth-order valence-electron chi connectivity index (χ4n) is 2.04. The minimum absolute atomic E-state index is 0.0656. The second-order valence-corrected chi connectivity index (χ2v) is 5.09. The maximum absolute atomic E-state index is 12.0. The third-order valence-electron chi connectivity index (χ3n) is 3.20. The molecule has 2 N–H and O–H groups in total. The number of nitrogens with one attached hydrogen (secondary N) is 1. The second kappa shape index (κ2) is 8.76. The first kappa shape index (κ1) is 17.6. The number of hydrogen-bond donors (Lipinski definition) is 2. The van der Waals surface area contributed by atoms with Crippen molar-refractivity contribution in [1.82, 2.24) is 5.32 Å². The monoisotopic (exact) mass is 308 g/mol. The Bertz CT molecular complexity index is 557. The maximum Gasteiger partial charge on any atom is 0.303 e. The van der Waals surface area contributed by atoms with Crippen LogP contribution < -0.4 is 5.32 Å². The molecule has 22 heavy (non-hydrogen) atoms. The molecule has 120 valence electrons. The summed E-state index contributed by atoms with van der Waals surface area (Å²) < 4.78 is 0. The summed E-state index contributed by atoms with van der Waals surface area (Å²) in [7, 11) is 0. The Morgan fingerprint density at radius 2 is 1.91 bits per heavy atom. The topological polar surface area (TPSA) is 110 Å². The van der Waals surface area contributed by atoms with Crippen molar-refractivity contribution in [3.8, 4) is 0 Å². The number of carboxylic acids is 1. The summed E-state index contributed by atoms with van der Waals surface area (Å²) in [5.74, 6) is -1.26. The molecule has 0 atom stereocenters. The van der Waals surface area contributed by atoms with E-state index in [0.717, 1.165) is 18.4 Å². The van der Waals surface area contributed by atoms with Crippen molar-refractivity contribution in [2.24, 2.45) is 0 Å². The van der Waals surface area contributed by atoms with Crippen LogP contribution in [0.5, 0.6) is 0 Å². The van der Waals surface area contributed by atoms with E-state index in [-0.39, 0.29) is 17.7 Å². The number of nitro groups is 1. The number of nitro benzene ring substituents is 1. The highest BCUT2D eigenvalue weighted by Gasteiger charge is 2.19. The molecule has 7 heteroatoms. The Kier molecular flexibility index (Phi) is 7.01. The van der Waals surface area contributed by atoms with Crippen molar-refractivity contribution >= 4 is 17.6 Å². The molecule has 1 amide bonds. The third kappa shape index (κ3) is 5.90. The van der Waals surface area contributed by atoms with Gasteiger partial charge in [0.05, 0.1) is 4.92 Å². The minimum Gasteiger partial charge on any atom is -0.481 e. The lowest BCUT2D eigenvalue weighted by atomic mass is 10.1. The molecule has 0 spiro atoms. The van der Waals surface area contributed by atoms with Crippen LogP contribution >= 0.6 is 0 Å². The minimum atomic E-state index is -0.806. The van der Waals surface area contributed by atoms with Crippen molar-refractivity contribution in [2.75, 3.05) is 6.54 Å². The number of aliphatic carboxylic acids is 1. The van der Waals surface area contributed by atoms with Gasteiger partial charge in [0.1, 0.15) is 5.56 Å². The summed E-state index contributed by atoms with van der Waals surface area (Å²) in [6, 6.07) is 4.42. The number of nitrogens with zero attached hydrogens (tertiary/aromatic N) is 1. The molecule has 7 nitrogen and oxygen atoms in total. The van der Waals surface area contributed by atoms with Crippen molar-refractivity contribution in [2.45, 2.75) is 39.0 Å². The third-order valence-corrected chi connectivity index (χ3v) is 3.20. The van der Waals surface area contributed by atoms with Gasteiger partial charge in [-0.05, 0) is 31.4 Å². The highest BCUT2D eigenvalue weighted by atomic mass is 16.6. The van der Waals surface area contributed by atoms with Crippen molar-refractivity contribution in [3.63, 3.8) is 0 Å². The Morgan fingerprint density at radius 1 is 1.23 bits per heavy atom. The van der Waals surface area contributed by atoms with Crippen LogP contribution in [0.3, 0.4) is 0 Å². The smallest absolute Gasteiger partial charge is 0.303 e. The zero-order valence-corrected chi connectivity index (χ0v) is 12.5. The van der Waals surface area contributed by atoms with Gasteiger partial charge in [0.2, 0.25) is 0 Å². The normalized spacial score (nSPS) is 10.2. The Hall–Kier alpha value is -2.44. The van der Waals surface area contributed by atoms with E-state index in [4.69, 9.17) is 5.11 Å². The van der Waals surface area contributed by atoms with Crippen molar-refractivity contribution < 1.29 is 19.6 Å². The summed E-state index contributed by atoms with van der Waals surface area (Å²) in [5.41, 5.74) is 0.643. The Morgan fingerprint density at radius 3 is 2.55 bits per heavy atom. The summed E-state index contributed by atoms with van der Waals surface area (Å²) in [6.45, 7) is 2.18. The molecule has 1 aromatic carbocycles. The van der Waals surface area contributed by atoms with Crippen LogP contribution in [0.4, 0.5) is 5.69 Å². The molecule has 0 saturated carbocycles. The van der Waals surface area contributed by atoms with E-state index in [0.29, 0.717) is 19.4 Å². The number of hydrogen-bond acceptors (Lipinski definition) is 4. The predicted octanol–water partition coefficient (Wildman–Crippen LogP) is 2.67. The Labute approximate surface area is 128 Å². The molecule has 0 aromatic heterocycles. The first-order valence-corrected chi connectivity index (χ1v) is 7.17. The quantitative estimate of drug-likeness (QED) is 0.414. The molecule has 1 rings (SSSR count). The first-order chi connectivity index (χ1) is 10.4. The van der Waals surface area contributed by atoms with Gasteiger partial charge in [-0.3, -0.25) is 19.7 Å². The van der Waals surface area contributed by atoms with Crippen LogP contribution in [0.25, 0.3) is 0 Å². The highest BCUT2D eigenvalue weighted by Crippen LogP contribution is 2.19. The molecule has 1 aromatic rings. The van der Waals surface area contributed by atoms with Gasteiger partial charge in [-0.2, -0.15) is 0 Å². The molecule has 0 heterocycles. The number of rotatable bonds is 9. The lowest BCUT2D eigenvalue weighted by Crippen LogP contribution is -2.25. The zero-order chi connectivity index (χ0) is 16.5. The first-order valence-electron chi connectivity index (χ1n) is 7.17. The lowest BCUT2D eigenvalue weighted by Gasteiger charge is -2.06. The van der Waals surface area contributed by atoms with Crippen LogP contribution in [0.15, 0.2) is 18.2 Å². The van der Waals surface area contributed by atoms with Gasteiger partial charge < -0.3 is 10.4 Å². The van der Waals surface area contributed by atoms with Gasteiger partial charge in [0.25, 0.3) is 11.6 Å². The van der Waals surface area contributed by atoms with Gasteiger partial charge in [0, 0.05) is 19.0 Å². The number of carbonyl (C=O) groups is 2. The van der Waals surface area contributed by atoms with Crippen LogP contribution in [0.2, 0.25) is 0 Å². The summed E-state index contributed by atoms with van der Waals surface area (Å²) in [5, 5.41) is 22.1. The number of carboxylic acid groups (broad SMARTS) is 1. The van der Waals surface area contributed by atoms with Gasteiger partial charge in [-0.15, -0.1) is 0 Å². The SMILES string of the molecule is Cc1ccc([N+](=O)[O-])c(C(=O)NCCCCCCC(=O)O)c1. The van der Waals surface area contributed by atoms with E-state index in [1.54, 1.807) is 13.0 Å². The number of carbonyl (C=O) groups excluding carboxylic acids is 1. The van der Waals surface area contributed by atoms with Gasteiger partial charge in [-0.1, -0.05) is 18.9 Å². The summed E-state index contributed by atoms with van der Waals surface area (Å²) >= 11 is 0. The number of benzene rings is 1. The van der Waals surface area contributed by atoms with Crippen molar-refractivity contribution in [3.05, 3.63) is 39.4 Å². The van der Waals surface area contributed by atoms with Crippen molar-refractivity contribution in [1.29, 1.82) is 0 Å². The van der Waals surface area contributed by atoms with E-state index < -0.39 is 16.8 Å². The number of amides is 1. The van der Waals surface area contributed by atoms with Gasteiger partial charge in [-0.25, -0.2) is 0 Å². The summed E-state index contributed by atoms with van der Waals surface area (Å²) in [6.07, 6.45) is 3.08. The van der Waals surface area contributed by atoms with Gasteiger partial charge in [0.15, 0.2) is 0 Å². The van der Waals surface area contributed by atoms with E-state index in [1.165, 1.54) is 12.1 Å². The summed E-state index contributed by atoms with van der Waals surface area (Å²) in [4.78, 5) is 32.7. The molecule has 0 saturated heterocycles. The largest absolute Gasteiger partial charge is 0.481 e. The second-order valence-electron chi connectivity index (χ2n) is 5.09. The van der Waals surface area contributed by atoms with Crippen LogP contribution in [0.1, 0.15) is 48.0 Å². The van der Waals surface area contributed by atoms with E-state index in [9.17, 15) is 19.7 Å². The fourth-order valence-corrected chi connectivity index (χ4v) is 2.04.